The van der Waals surface area contributed by atoms with Gasteiger partial charge in [0, 0.05) is 18.7 Å². The third-order valence-corrected chi connectivity index (χ3v) is 8.43. The fourth-order valence-electron chi connectivity index (χ4n) is 5.23. The second kappa shape index (κ2) is 14.0. The van der Waals surface area contributed by atoms with E-state index < -0.39 is 12.0 Å². The van der Waals surface area contributed by atoms with E-state index in [0.29, 0.717) is 75.5 Å². The highest BCUT2D eigenvalue weighted by Crippen LogP contribution is 2.38. The molecule has 0 N–H and O–H groups in total. The van der Waals surface area contributed by atoms with E-state index >= 15 is 0 Å². The van der Waals surface area contributed by atoms with Crippen LogP contribution in [0.3, 0.4) is 0 Å². The number of esters is 1. The van der Waals surface area contributed by atoms with E-state index in [2.05, 4.69) is 4.99 Å². The fourth-order valence-corrected chi connectivity index (χ4v) is 6.27. The van der Waals surface area contributed by atoms with Gasteiger partial charge in [-0.1, -0.05) is 17.4 Å². The van der Waals surface area contributed by atoms with E-state index in [9.17, 15) is 14.4 Å². The van der Waals surface area contributed by atoms with Crippen LogP contribution < -0.4 is 33.8 Å². The maximum absolute atomic E-state index is 14.1. The van der Waals surface area contributed by atoms with Crippen LogP contribution in [0.5, 0.6) is 23.0 Å². The molecule has 5 rings (SSSR count). The molecule has 0 bridgehead atoms. The third-order valence-electron chi connectivity index (χ3n) is 7.45. The van der Waals surface area contributed by atoms with Crippen LogP contribution in [0.1, 0.15) is 31.0 Å². The predicted molar refractivity (Wildman–Crippen MR) is 166 cm³/mol. The summed E-state index contributed by atoms with van der Waals surface area (Å²) in [6.45, 7) is 5.53. The largest absolute Gasteiger partial charge is 0.497 e. The lowest BCUT2D eigenvalue weighted by Gasteiger charge is -2.26. The Morgan fingerprint density at radius 2 is 1.76 bits per heavy atom. The van der Waals surface area contributed by atoms with Crippen molar-refractivity contribution < 1.29 is 38.0 Å². The first kappa shape index (κ1) is 31.8. The summed E-state index contributed by atoms with van der Waals surface area (Å²) in [5.74, 6) is 1.11. The van der Waals surface area contributed by atoms with Crippen LogP contribution in [0.15, 0.2) is 57.5 Å². The Kier molecular flexibility index (Phi) is 9.89. The number of nitrogens with zero attached hydrogens (tertiary/aromatic N) is 3. The number of methoxy groups -OCH3 is 3. The summed E-state index contributed by atoms with van der Waals surface area (Å²) in [5, 5.41) is 0. The van der Waals surface area contributed by atoms with Crippen molar-refractivity contribution in [2.75, 3.05) is 60.8 Å². The number of aromatic nitrogens is 1. The van der Waals surface area contributed by atoms with Crippen molar-refractivity contribution in [3.8, 4) is 23.0 Å². The van der Waals surface area contributed by atoms with Crippen LogP contribution in [0.25, 0.3) is 6.08 Å². The minimum atomic E-state index is -0.873. The quantitative estimate of drug-likeness (QED) is 0.307. The number of benzene rings is 2. The summed E-state index contributed by atoms with van der Waals surface area (Å²) in [6.07, 6.45) is 1.72. The van der Waals surface area contributed by atoms with Crippen LogP contribution in [-0.4, -0.2) is 82.2 Å². The fraction of sp³-hybridized carbons (Fsp3) is 0.375. The second-order valence-corrected chi connectivity index (χ2v) is 11.1. The summed E-state index contributed by atoms with van der Waals surface area (Å²) < 4.78 is 35.0. The number of hydrogen-bond acceptors (Lipinski definition) is 11. The van der Waals surface area contributed by atoms with Crippen molar-refractivity contribution in [2.45, 2.75) is 19.9 Å². The molecule has 3 heterocycles. The number of morpholine rings is 1. The number of ether oxygens (including phenoxy) is 6. The number of amides is 1. The molecular formula is C32H35N3O9S. The zero-order valence-corrected chi connectivity index (χ0v) is 26.6. The van der Waals surface area contributed by atoms with E-state index in [1.807, 2.05) is 0 Å². The van der Waals surface area contributed by atoms with Gasteiger partial charge < -0.3 is 33.3 Å². The molecule has 45 heavy (non-hydrogen) atoms. The minimum absolute atomic E-state index is 0.134. The molecule has 1 amide bonds. The Bertz CT molecular complexity index is 1800. The normalized spacial score (nSPS) is 16.5. The Morgan fingerprint density at radius 1 is 1.02 bits per heavy atom. The van der Waals surface area contributed by atoms with Gasteiger partial charge in [-0.2, -0.15) is 0 Å². The Labute approximate surface area is 263 Å². The van der Waals surface area contributed by atoms with Gasteiger partial charge in [-0.15, -0.1) is 0 Å². The van der Waals surface area contributed by atoms with Crippen molar-refractivity contribution in [3.05, 3.63) is 78.5 Å². The van der Waals surface area contributed by atoms with Gasteiger partial charge in [0.25, 0.3) is 11.5 Å². The number of rotatable bonds is 10. The molecule has 238 valence electrons. The molecule has 1 saturated heterocycles. The molecule has 1 fully saturated rings. The molecule has 0 radical (unpaired) electrons. The van der Waals surface area contributed by atoms with Crippen LogP contribution >= 0.6 is 11.3 Å². The number of carbonyl (C=O) groups is 2. The summed E-state index contributed by atoms with van der Waals surface area (Å²) in [7, 11) is 4.57. The number of hydrogen-bond donors (Lipinski definition) is 0. The Morgan fingerprint density at radius 3 is 2.44 bits per heavy atom. The molecular weight excluding hydrogens is 602 g/mol. The van der Waals surface area contributed by atoms with Crippen LogP contribution in [0, 0.1) is 0 Å². The van der Waals surface area contributed by atoms with Crippen molar-refractivity contribution >= 4 is 29.3 Å². The summed E-state index contributed by atoms with van der Waals surface area (Å²) in [6, 6.07) is 9.53. The summed E-state index contributed by atoms with van der Waals surface area (Å²) in [5.41, 5.74) is 1.54. The van der Waals surface area contributed by atoms with Gasteiger partial charge >= 0.3 is 5.97 Å². The highest BCUT2D eigenvalue weighted by molar-refractivity contribution is 7.07. The average molecular weight is 638 g/mol. The van der Waals surface area contributed by atoms with E-state index in [0.717, 1.165) is 0 Å². The molecule has 3 aromatic rings. The van der Waals surface area contributed by atoms with Gasteiger partial charge in [0.05, 0.1) is 57.0 Å². The van der Waals surface area contributed by atoms with Gasteiger partial charge in [0.1, 0.15) is 17.5 Å². The Hall–Kier alpha value is -4.62. The molecule has 2 aliphatic heterocycles. The standard InChI is InChI=1S/C32H35N3O9S/c1-6-43-31(38)28-19(2)33-32-35(29(28)22-17-21(39-3)8-10-23(22)40-4)30(37)26(45-32)16-20-7-9-24(25(15-20)41-5)44-18-27(36)34-11-13-42-14-12-34/h7-10,15-17,29H,6,11-14,18H2,1-5H3/b26-16+/t29-/m0/s1. The van der Waals surface area contributed by atoms with E-state index in [-0.39, 0.29) is 30.3 Å². The zero-order chi connectivity index (χ0) is 32.1. The van der Waals surface area contributed by atoms with Gasteiger partial charge in [0.2, 0.25) is 0 Å². The van der Waals surface area contributed by atoms with Crippen molar-refractivity contribution in [2.24, 2.45) is 4.99 Å². The van der Waals surface area contributed by atoms with Crippen LogP contribution in [-0.2, 0) is 19.1 Å². The average Bonchev–Trinajstić information content (AvgIpc) is 3.36. The molecule has 2 aliphatic rings. The highest BCUT2D eigenvalue weighted by Gasteiger charge is 2.35. The molecule has 1 atom stereocenters. The van der Waals surface area contributed by atoms with Crippen molar-refractivity contribution in [1.82, 2.24) is 9.47 Å². The molecule has 0 spiro atoms. The number of fused-ring (bicyclic) bond motifs is 1. The second-order valence-electron chi connectivity index (χ2n) is 10.1. The lowest BCUT2D eigenvalue weighted by molar-refractivity contribution is -0.139. The van der Waals surface area contributed by atoms with E-state index in [4.69, 9.17) is 28.4 Å². The zero-order valence-electron chi connectivity index (χ0n) is 25.8. The first-order valence-corrected chi connectivity index (χ1v) is 15.2. The van der Waals surface area contributed by atoms with Gasteiger partial charge in [-0.05, 0) is 55.8 Å². The first-order valence-electron chi connectivity index (χ1n) is 14.4. The highest BCUT2D eigenvalue weighted by atomic mass is 32.1. The van der Waals surface area contributed by atoms with E-state index in [1.165, 1.54) is 37.2 Å². The van der Waals surface area contributed by atoms with Crippen molar-refractivity contribution in [3.63, 3.8) is 0 Å². The maximum atomic E-state index is 14.1. The van der Waals surface area contributed by atoms with Crippen LogP contribution in [0.2, 0.25) is 0 Å². The maximum Gasteiger partial charge on any atom is 0.338 e. The molecule has 1 aromatic heterocycles. The molecule has 2 aromatic carbocycles. The smallest absolute Gasteiger partial charge is 0.338 e. The summed E-state index contributed by atoms with van der Waals surface area (Å²) in [4.78, 5) is 46.6. The third kappa shape index (κ3) is 6.59. The predicted octanol–water partition coefficient (Wildman–Crippen LogP) is 2.06. The van der Waals surface area contributed by atoms with E-state index in [1.54, 1.807) is 61.2 Å². The molecule has 0 saturated carbocycles. The SMILES string of the molecule is CCOC(=O)C1=C(C)N=c2s/c(=C/c3ccc(OCC(=O)N4CCOCC4)c(OC)c3)c(=O)n2[C@H]1c1cc(OC)ccc1OC. The van der Waals surface area contributed by atoms with Crippen molar-refractivity contribution in [1.29, 1.82) is 0 Å². The molecule has 12 nitrogen and oxygen atoms in total. The lowest BCUT2D eigenvalue weighted by atomic mass is 9.94. The summed E-state index contributed by atoms with van der Waals surface area (Å²) >= 11 is 1.19. The first-order chi connectivity index (χ1) is 21.8. The van der Waals surface area contributed by atoms with Gasteiger partial charge in [-0.3, -0.25) is 14.2 Å². The number of carbonyl (C=O) groups excluding carboxylic acids is 2. The van der Waals surface area contributed by atoms with Gasteiger partial charge in [-0.25, -0.2) is 9.79 Å². The molecule has 0 unspecified atom stereocenters. The minimum Gasteiger partial charge on any atom is -0.497 e. The molecule has 13 heteroatoms. The monoisotopic (exact) mass is 637 g/mol. The Balaban J connectivity index is 1.54. The van der Waals surface area contributed by atoms with Gasteiger partial charge in [0.15, 0.2) is 22.9 Å². The molecule has 0 aliphatic carbocycles. The number of thiazole rings is 1. The van der Waals surface area contributed by atoms with Crippen LogP contribution in [0.4, 0.5) is 0 Å². The number of allylic oxidation sites excluding steroid dienone is 1. The topological polar surface area (TPSA) is 127 Å². The lowest BCUT2D eigenvalue weighted by Crippen LogP contribution is -2.43.